The molecule has 172 valence electrons. The predicted octanol–water partition coefficient (Wildman–Crippen LogP) is 3.88. The lowest BCUT2D eigenvalue weighted by atomic mass is 9.92. The lowest BCUT2D eigenvalue weighted by molar-refractivity contribution is -0.133. The van der Waals surface area contributed by atoms with Gasteiger partial charge in [0.25, 0.3) is 5.91 Å². The first-order chi connectivity index (χ1) is 16.1. The lowest BCUT2D eigenvalue weighted by Gasteiger charge is -2.29. The second-order valence-corrected chi connectivity index (χ2v) is 9.32. The minimum Gasteiger partial charge on any atom is -0.489 e. The summed E-state index contributed by atoms with van der Waals surface area (Å²) < 4.78 is 11.6. The number of nitrogens with zero attached hydrogens (tertiary/aromatic N) is 1. The third-order valence-corrected chi connectivity index (χ3v) is 7.05. The van der Waals surface area contributed by atoms with E-state index < -0.39 is 6.04 Å². The Morgan fingerprint density at radius 3 is 2.45 bits per heavy atom. The van der Waals surface area contributed by atoms with Gasteiger partial charge in [-0.1, -0.05) is 30.3 Å². The minimum absolute atomic E-state index is 0.0387. The van der Waals surface area contributed by atoms with Crippen molar-refractivity contribution < 1.29 is 23.9 Å². The van der Waals surface area contributed by atoms with Gasteiger partial charge in [-0.05, 0) is 54.9 Å². The first-order valence-corrected chi connectivity index (χ1v) is 11.8. The van der Waals surface area contributed by atoms with Gasteiger partial charge in [0, 0.05) is 30.8 Å². The van der Waals surface area contributed by atoms with Crippen LogP contribution in [0.25, 0.3) is 0 Å². The molecule has 5 rings (SSSR count). The number of benzene rings is 2. The van der Waals surface area contributed by atoms with Crippen molar-refractivity contribution in [2.45, 2.75) is 57.7 Å². The molecule has 2 fully saturated rings. The Morgan fingerprint density at radius 1 is 0.939 bits per heavy atom. The van der Waals surface area contributed by atoms with Gasteiger partial charge < -0.3 is 14.4 Å². The van der Waals surface area contributed by atoms with Crippen molar-refractivity contribution in [3.63, 3.8) is 0 Å². The van der Waals surface area contributed by atoms with Gasteiger partial charge in [-0.25, -0.2) is 0 Å². The standard InChI is InChI=1S/C27H29NO5/c29-21-8-9-24(25(30)15-21)28-16-23-22(27(28)31)2-1-3-26(23)33-17-20-6-4-18(5-7-20)14-19-10-12-32-13-11-19/h1-7,19,24H,8-17H2. The maximum atomic E-state index is 13.0. The molecule has 2 heterocycles. The maximum absolute atomic E-state index is 13.0. The van der Waals surface area contributed by atoms with Crippen molar-refractivity contribution in [1.29, 1.82) is 0 Å². The molecule has 3 aliphatic rings. The average Bonchev–Trinajstić information content (AvgIpc) is 3.16. The Bertz CT molecular complexity index is 1050. The zero-order chi connectivity index (χ0) is 22.8. The minimum atomic E-state index is -0.515. The van der Waals surface area contributed by atoms with Gasteiger partial charge in [-0.3, -0.25) is 14.4 Å². The molecule has 33 heavy (non-hydrogen) atoms. The zero-order valence-corrected chi connectivity index (χ0v) is 18.8. The summed E-state index contributed by atoms with van der Waals surface area (Å²) in [5.74, 6) is 1.02. The van der Waals surface area contributed by atoms with Crippen molar-refractivity contribution in [2.24, 2.45) is 5.92 Å². The van der Waals surface area contributed by atoms with Crippen LogP contribution in [0.4, 0.5) is 0 Å². The first-order valence-electron chi connectivity index (χ1n) is 11.8. The molecule has 2 aromatic rings. The van der Waals surface area contributed by atoms with E-state index >= 15 is 0 Å². The van der Waals surface area contributed by atoms with Crippen molar-refractivity contribution in [2.75, 3.05) is 13.2 Å². The molecular formula is C27H29NO5. The van der Waals surface area contributed by atoms with E-state index in [2.05, 4.69) is 24.3 Å². The molecule has 0 N–H and O–H groups in total. The normalized spacial score (nSPS) is 21.4. The highest BCUT2D eigenvalue weighted by atomic mass is 16.5. The van der Waals surface area contributed by atoms with Crippen LogP contribution in [0.1, 0.15) is 59.2 Å². The molecule has 1 amide bonds. The van der Waals surface area contributed by atoms with E-state index in [1.165, 1.54) is 5.56 Å². The topological polar surface area (TPSA) is 72.9 Å². The van der Waals surface area contributed by atoms with Crippen LogP contribution in [0.2, 0.25) is 0 Å². The van der Waals surface area contributed by atoms with Gasteiger partial charge in [0.05, 0.1) is 19.0 Å². The quantitative estimate of drug-likeness (QED) is 0.629. The highest BCUT2D eigenvalue weighted by molar-refractivity contribution is 6.07. The van der Waals surface area contributed by atoms with Crippen molar-refractivity contribution in [3.8, 4) is 5.75 Å². The van der Waals surface area contributed by atoms with E-state index in [0.29, 0.717) is 43.2 Å². The van der Waals surface area contributed by atoms with E-state index in [4.69, 9.17) is 9.47 Å². The molecule has 2 aliphatic heterocycles. The molecule has 0 radical (unpaired) electrons. The SMILES string of the molecule is O=C1CCC(N2Cc3c(OCc4ccc(CC5CCOCC5)cc4)cccc3C2=O)C(=O)C1. The van der Waals surface area contributed by atoms with E-state index in [1.54, 1.807) is 11.0 Å². The lowest BCUT2D eigenvalue weighted by Crippen LogP contribution is -2.44. The first kappa shape index (κ1) is 21.8. The van der Waals surface area contributed by atoms with E-state index in [9.17, 15) is 14.4 Å². The fraction of sp³-hybridized carbons (Fsp3) is 0.444. The van der Waals surface area contributed by atoms with E-state index in [0.717, 1.165) is 43.6 Å². The molecule has 6 nitrogen and oxygen atoms in total. The zero-order valence-electron chi connectivity index (χ0n) is 18.8. The predicted molar refractivity (Wildman–Crippen MR) is 122 cm³/mol. The van der Waals surface area contributed by atoms with Gasteiger partial charge in [0.1, 0.15) is 18.1 Å². The number of amides is 1. The van der Waals surface area contributed by atoms with Crippen molar-refractivity contribution >= 4 is 17.5 Å². The maximum Gasteiger partial charge on any atom is 0.255 e. The fourth-order valence-electron chi connectivity index (χ4n) is 5.12. The highest BCUT2D eigenvalue weighted by Gasteiger charge is 2.39. The van der Waals surface area contributed by atoms with E-state index in [-0.39, 0.29) is 23.9 Å². The molecule has 1 aliphatic carbocycles. The van der Waals surface area contributed by atoms with Crippen molar-refractivity contribution in [3.05, 3.63) is 64.7 Å². The molecule has 1 saturated heterocycles. The summed E-state index contributed by atoms with van der Waals surface area (Å²) in [6.07, 6.45) is 4.03. The van der Waals surface area contributed by atoms with Crippen LogP contribution in [0.15, 0.2) is 42.5 Å². The summed E-state index contributed by atoms with van der Waals surface area (Å²) >= 11 is 0. The highest BCUT2D eigenvalue weighted by Crippen LogP contribution is 2.34. The Labute approximate surface area is 193 Å². The Kier molecular flexibility index (Phi) is 6.27. The van der Waals surface area contributed by atoms with Crippen LogP contribution >= 0.6 is 0 Å². The molecule has 1 atom stereocenters. The van der Waals surface area contributed by atoms with Crippen molar-refractivity contribution in [1.82, 2.24) is 4.90 Å². The number of ether oxygens (including phenoxy) is 2. The smallest absolute Gasteiger partial charge is 0.255 e. The third-order valence-electron chi connectivity index (χ3n) is 7.05. The summed E-state index contributed by atoms with van der Waals surface area (Å²) in [4.78, 5) is 38.5. The molecule has 2 aromatic carbocycles. The largest absolute Gasteiger partial charge is 0.489 e. The van der Waals surface area contributed by atoms with Crippen LogP contribution in [-0.2, 0) is 33.9 Å². The molecule has 0 bridgehead atoms. The number of carbonyl (C=O) groups is 3. The summed E-state index contributed by atoms with van der Waals surface area (Å²) in [7, 11) is 0. The summed E-state index contributed by atoms with van der Waals surface area (Å²) in [5.41, 5.74) is 3.82. The molecule has 0 aromatic heterocycles. The Hall–Kier alpha value is -2.99. The molecule has 0 spiro atoms. The summed E-state index contributed by atoms with van der Waals surface area (Å²) in [6.45, 7) is 2.49. The second-order valence-electron chi connectivity index (χ2n) is 9.32. The molecule has 1 unspecified atom stereocenters. The number of hydrogen-bond donors (Lipinski definition) is 0. The number of Topliss-reactive ketones (excluding diaryl/α,β-unsaturated/α-hetero) is 2. The number of hydrogen-bond acceptors (Lipinski definition) is 5. The Morgan fingerprint density at radius 2 is 1.70 bits per heavy atom. The Balaban J connectivity index is 1.23. The van der Waals surface area contributed by atoms with Gasteiger partial charge >= 0.3 is 0 Å². The van der Waals surface area contributed by atoms with E-state index in [1.807, 2.05) is 12.1 Å². The van der Waals surface area contributed by atoms with Gasteiger partial charge in [-0.2, -0.15) is 0 Å². The number of fused-ring (bicyclic) bond motifs is 1. The van der Waals surface area contributed by atoms with Crippen LogP contribution < -0.4 is 4.74 Å². The molecule has 6 heteroatoms. The fourth-order valence-corrected chi connectivity index (χ4v) is 5.12. The monoisotopic (exact) mass is 447 g/mol. The van der Waals surface area contributed by atoms with Crippen LogP contribution in [-0.4, -0.2) is 41.6 Å². The van der Waals surface area contributed by atoms with Gasteiger partial charge in [-0.15, -0.1) is 0 Å². The summed E-state index contributed by atoms with van der Waals surface area (Å²) in [6, 6.07) is 13.5. The van der Waals surface area contributed by atoms with Crippen LogP contribution in [0, 0.1) is 5.92 Å². The van der Waals surface area contributed by atoms with Gasteiger partial charge in [0.2, 0.25) is 0 Å². The number of ketones is 2. The molecular weight excluding hydrogens is 418 g/mol. The number of carbonyl (C=O) groups excluding carboxylic acids is 3. The third kappa shape index (κ3) is 4.71. The van der Waals surface area contributed by atoms with Crippen LogP contribution in [0.5, 0.6) is 5.75 Å². The second kappa shape index (κ2) is 9.48. The van der Waals surface area contributed by atoms with Crippen LogP contribution in [0.3, 0.4) is 0 Å². The summed E-state index contributed by atoms with van der Waals surface area (Å²) in [5, 5.41) is 0. The number of rotatable bonds is 6. The average molecular weight is 448 g/mol. The molecule has 1 saturated carbocycles. The van der Waals surface area contributed by atoms with Gasteiger partial charge in [0.15, 0.2) is 5.78 Å².